The van der Waals surface area contributed by atoms with Gasteiger partial charge in [-0.1, -0.05) is 24.3 Å². The molecule has 0 bridgehead atoms. The van der Waals surface area contributed by atoms with Crippen LogP contribution in [0.25, 0.3) is 0 Å². The molecule has 6 nitrogen and oxygen atoms in total. The van der Waals surface area contributed by atoms with Crippen molar-refractivity contribution in [2.24, 2.45) is 0 Å². The highest BCUT2D eigenvalue weighted by Crippen LogP contribution is 2.27. The van der Waals surface area contributed by atoms with E-state index < -0.39 is 15.1 Å². The van der Waals surface area contributed by atoms with Gasteiger partial charge in [0.1, 0.15) is 11.5 Å². The van der Waals surface area contributed by atoms with Crippen LogP contribution in [-0.4, -0.2) is 51.8 Å². The SMILES string of the molecule is COc1ccc(CCC(=O)N2CCC(S(=O)(=O)c3ccccc3)C2)c(OC)c1. The predicted octanol–water partition coefficient (Wildman–Crippen LogP) is 2.71. The average molecular weight is 404 g/mol. The van der Waals surface area contributed by atoms with Crippen LogP contribution in [0.5, 0.6) is 11.5 Å². The monoisotopic (exact) mass is 403 g/mol. The number of nitrogens with zero attached hydrogens (tertiary/aromatic N) is 1. The van der Waals surface area contributed by atoms with E-state index in [0.29, 0.717) is 42.2 Å². The van der Waals surface area contributed by atoms with E-state index in [4.69, 9.17) is 9.47 Å². The van der Waals surface area contributed by atoms with Crippen molar-refractivity contribution in [3.8, 4) is 11.5 Å². The topological polar surface area (TPSA) is 72.9 Å². The summed E-state index contributed by atoms with van der Waals surface area (Å²) in [6.07, 6.45) is 1.30. The van der Waals surface area contributed by atoms with Gasteiger partial charge < -0.3 is 14.4 Å². The molecule has 2 aromatic rings. The highest BCUT2D eigenvalue weighted by Gasteiger charge is 2.35. The average Bonchev–Trinajstić information content (AvgIpc) is 3.23. The second-order valence-electron chi connectivity index (χ2n) is 6.79. The van der Waals surface area contributed by atoms with Crippen molar-refractivity contribution in [2.75, 3.05) is 27.3 Å². The van der Waals surface area contributed by atoms with Crippen LogP contribution < -0.4 is 9.47 Å². The number of carbonyl (C=O) groups excluding carboxylic acids is 1. The zero-order chi connectivity index (χ0) is 20.1. The van der Waals surface area contributed by atoms with E-state index in [9.17, 15) is 13.2 Å². The van der Waals surface area contributed by atoms with E-state index in [2.05, 4.69) is 0 Å². The number of methoxy groups -OCH3 is 2. The Bertz CT molecular complexity index is 927. The Labute approximate surface area is 166 Å². The molecule has 1 fully saturated rings. The van der Waals surface area contributed by atoms with Gasteiger partial charge in [-0.3, -0.25) is 4.79 Å². The van der Waals surface area contributed by atoms with E-state index >= 15 is 0 Å². The molecular formula is C21H25NO5S. The lowest BCUT2D eigenvalue weighted by Crippen LogP contribution is -2.32. The van der Waals surface area contributed by atoms with Crippen LogP contribution >= 0.6 is 0 Å². The molecule has 28 heavy (non-hydrogen) atoms. The number of benzene rings is 2. The smallest absolute Gasteiger partial charge is 0.222 e. The molecule has 0 aliphatic carbocycles. The number of aryl methyl sites for hydroxylation is 1. The van der Waals surface area contributed by atoms with Gasteiger partial charge in [-0.15, -0.1) is 0 Å². The molecule has 1 unspecified atom stereocenters. The molecule has 1 atom stereocenters. The van der Waals surface area contributed by atoms with Gasteiger partial charge in [0, 0.05) is 25.6 Å². The summed E-state index contributed by atoms with van der Waals surface area (Å²) < 4.78 is 36.1. The molecule has 0 spiro atoms. The minimum absolute atomic E-state index is 0.0383. The van der Waals surface area contributed by atoms with E-state index in [1.165, 1.54) is 0 Å². The molecule has 1 aliphatic heterocycles. The largest absolute Gasteiger partial charge is 0.497 e. The lowest BCUT2D eigenvalue weighted by Gasteiger charge is -2.17. The Balaban J connectivity index is 1.61. The Morgan fingerprint density at radius 3 is 2.54 bits per heavy atom. The van der Waals surface area contributed by atoms with Gasteiger partial charge in [-0.25, -0.2) is 8.42 Å². The number of likely N-dealkylation sites (tertiary alicyclic amines) is 1. The molecular weight excluding hydrogens is 378 g/mol. The molecule has 3 rings (SSSR count). The van der Waals surface area contributed by atoms with Gasteiger partial charge in [0.25, 0.3) is 0 Å². The summed E-state index contributed by atoms with van der Waals surface area (Å²) >= 11 is 0. The van der Waals surface area contributed by atoms with Gasteiger partial charge >= 0.3 is 0 Å². The van der Waals surface area contributed by atoms with Gasteiger partial charge in [-0.2, -0.15) is 0 Å². The van der Waals surface area contributed by atoms with E-state index in [-0.39, 0.29) is 12.5 Å². The van der Waals surface area contributed by atoms with Gasteiger partial charge in [0.2, 0.25) is 5.91 Å². The van der Waals surface area contributed by atoms with E-state index in [1.807, 2.05) is 12.1 Å². The standard InChI is InChI=1S/C21H25NO5S/c1-26-17-10-8-16(20(14-17)27-2)9-11-21(23)22-13-12-19(15-22)28(24,25)18-6-4-3-5-7-18/h3-8,10,14,19H,9,11-13,15H2,1-2H3. The van der Waals surface area contributed by atoms with Crippen molar-refractivity contribution in [2.45, 2.75) is 29.4 Å². The van der Waals surface area contributed by atoms with Crippen molar-refractivity contribution in [3.63, 3.8) is 0 Å². The number of rotatable bonds is 7. The normalized spacial score (nSPS) is 16.8. The van der Waals surface area contributed by atoms with Crippen molar-refractivity contribution >= 4 is 15.7 Å². The highest BCUT2D eigenvalue weighted by molar-refractivity contribution is 7.92. The molecule has 1 saturated heterocycles. The Hall–Kier alpha value is -2.54. The van der Waals surface area contributed by atoms with E-state index in [0.717, 1.165) is 5.56 Å². The lowest BCUT2D eigenvalue weighted by atomic mass is 10.1. The fraction of sp³-hybridized carbons (Fsp3) is 0.381. The molecule has 1 aliphatic rings. The van der Waals surface area contributed by atoms with Crippen LogP contribution in [0, 0.1) is 0 Å². The number of hydrogen-bond acceptors (Lipinski definition) is 5. The second kappa shape index (κ2) is 8.65. The van der Waals surface area contributed by atoms with Crippen LogP contribution in [0.3, 0.4) is 0 Å². The quantitative estimate of drug-likeness (QED) is 0.711. The van der Waals surface area contributed by atoms with Crippen molar-refractivity contribution in [1.82, 2.24) is 4.90 Å². The molecule has 1 heterocycles. The van der Waals surface area contributed by atoms with Gasteiger partial charge in [-0.05, 0) is 36.6 Å². The first-order valence-corrected chi connectivity index (χ1v) is 10.8. The maximum Gasteiger partial charge on any atom is 0.222 e. The van der Waals surface area contributed by atoms with Crippen LogP contribution in [0.15, 0.2) is 53.4 Å². The molecule has 0 N–H and O–H groups in total. The molecule has 1 amide bonds. The summed E-state index contributed by atoms with van der Waals surface area (Å²) in [4.78, 5) is 14.6. The number of amides is 1. The zero-order valence-corrected chi connectivity index (χ0v) is 16.9. The summed E-state index contributed by atoms with van der Waals surface area (Å²) in [7, 11) is -0.247. The van der Waals surface area contributed by atoms with Crippen molar-refractivity contribution in [1.29, 1.82) is 0 Å². The Morgan fingerprint density at radius 1 is 1.11 bits per heavy atom. The third-order valence-electron chi connectivity index (χ3n) is 5.11. The molecule has 150 valence electrons. The summed E-state index contributed by atoms with van der Waals surface area (Å²) in [5.74, 6) is 1.34. The molecule has 0 saturated carbocycles. The minimum atomic E-state index is -3.42. The highest BCUT2D eigenvalue weighted by atomic mass is 32.2. The number of ether oxygens (including phenoxy) is 2. The summed E-state index contributed by atoms with van der Waals surface area (Å²) in [6.45, 7) is 0.713. The maximum absolute atomic E-state index is 12.8. The van der Waals surface area contributed by atoms with Crippen LogP contribution in [0.2, 0.25) is 0 Å². The molecule has 7 heteroatoms. The minimum Gasteiger partial charge on any atom is -0.497 e. The van der Waals surface area contributed by atoms with Crippen LogP contribution in [-0.2, 0) is 21.1 Å². The predicted molar refractivity (Wildman–Crippen MR) is 106 cm³/mol. The summed E-state index contributed by atoms with van der Waals surface area (Å²) in [6, 6.07) is 13.9. The summed E-state index contributed by atoms with van der Waals surface area (Å²) in [5.41, 5.74) is 0.921. The second-order valence-corrected chi connectivity index (χ2v) is 9.01. The molecule has 0 aromatic heterocycles. The third-order valence-corrected chi connectivity index (χ3v) is 7.30. The number of sulfone groups is 1. The first kappa shape index (κ1) is 20.2. The van der Waals surface area contributed by atoms with Crippen LogP contribution in [0.1, 0.15) is 18.4 Å². The molecule has 0 radical (unpaired) electrons. The Morgan fingerprint density at radius 2 is 1.86 bits per heavy atom. The first-order valence-electron chi connectivity index (χ1n) is 9.23. The Kier molecular flexibility index (Phi) is 6.24. The number of carbonyl (C=O) groups is 1. The van der Waals surface area contributed by atoms with Crippen LogP contribution in [0.4, 0.5) is 0 Å². The maximum atomic E-state index is 12.8. The molecule has 2 aromatic carbocycles. The van der Waals surface area contributed by atoms with E-state index in [1.54, 1.807) is 55.5 Å². The fourth-order valence-corrected chi connectivity index (χ4v) is 5.18. The van der Waals surface area contributed by atoms with Crippen molar-refractivity contribution in [3.05, 3.63) is 54.1 Å². The van der Waals surface area contributed by atoms with Crippen molar-refractivity contribution < 1.29 is 22.7 Å². The third kappa shape index (κ3) is 4.30. The zero-order valence-electron chi connectivity index (χ0n) is 16.1. The first-order chi connectivity index (χ1) is 13.5. The number of hydrogen-bond donors (Lipinski definition) is 0. The van der Waals surface area contributed by atoms with Gasteiger partial charge in [0.15, 0.2) is 9.84 Å². The van der Waals surface area contributed by atoms with Gasteiger partial charge in [0.05, 0.1) is 24.4 Å². The fourth-order valence-electron chi connectivity index (χ4n) is 3.47. The summed E-state index contributed by atoms with van der Waals surface area (Å²) in [5, 5.41) is -0.547. The lowest BCUT2D eigenvalue weighted by molar-refractivity contribution is -0.130.